The van der Waals surface area contributed by atoms with Crippen LogP contribution < -0.4 is 9.46 Å². The van der Waals surface area contributed by atoms with Gasteiger partial charge < -0.3 is 14.7 Å². The predicted octanol–water partition coefficient (Wildman–Crippen LogP) is 3.54. The Hall–Kier alpha value is -3.48. The summed E-state index contributed by atoms with van der Waals surface area (Å²) in [5.74, 6) is -0.628. The summed E-state index contributed by atoms with van der Waals surface area (Å²) in [4.78, 5) is 22.3. The lowest BCUT2D eigenvalue weighted by atomic mass is 10.1. The number of piperazine rings is 1. The van der Waals surface area contributed by atoms with Crippen LogP contribution in [0.25, 0.3) is 11.3 Å². The van der Waals surface area contributed by atoms with Gasteiger partial charge in [0, 0.05) is 50.7 Å². The molecule has 3 heterocycles. The molecule has 0 unspecified atom stereocenters. The number of carboxylic acid groups (broad SMARTS) is 1. The summed E-state index contributed by atoms with van der Waals surface area (Å²) in [6.45, 7) is 2.41. The molecule has 0 saturated carbocycles. The van der Waals surface area contributed by atoms with Crippen molar-refractivity contribution in [1.29, 1.82) is 0 Å². The average Bonchev–Trinajstić information content (AvgIpc) is 2.84. The minimum Gasteiger partial charge on any atom is -0.480 e. The molecule has 1 aliphatic heterocycles. The molecule has 1 aliphatic rings. The lowest BCUT2D eigenvalue weighted by Gasteiger charge is -2.33. The maximum Gasteiger partial charge on any atom is 0.407 e. The SMILES string of the molecule is COc1ncc(Cl)cc1S(=O)(=O)Nc1ccnc(-c2ccc(CN3CCN(C(=O)O)CC3)cc2F)c1. The second-order valence-corrected chi connectivity index (χ2v) is 10.1. The number of rotatable bonds is 7. The number of aromatic nitrogens is 2. The Morgan fingerprint density at radius 2 is 1.92 bits per heavy atom. The summed E-state index contributed by atoms with van der Waals surface area (Å²) >= 11 is 5.91. The normalized spacial score (nSPS) is 14.5. The Kier molecular flexibility index (Phi) is 7.57. The van der Waals surface area contributed by atoms with Gasteiger partial charge in [-0.1, -0.05) is 17.7 Å². The summed E-state index contributed by atoms with van der Waals surface area (Å²) < 4.78 is 48.3. The first-order valence-corrected chi connectivity index (χ1v) is 12.7. The number of ether oxygens (including phenoxy) is 1. The molecule has 2 aromatic heterocycles. The number of hydrogen-bond donors (Lipinski definition) is 2. The minimum atomic E-state index is -4.11. The second kappa shape index (κ2) is 10.6. The van der Waals surface area contributed by atoms with Crippen LogP contribution >= 0.6 is 11.6 Å². The van der Waals surface area contributed by atoms with E-state index in [1.165, 1.54) is 48.7 Å². The van der Waals surface area contributed by atoms with E-state index >= 15 is 4.39 Å². The molecular weight excluding hydrogens is 513 g/mol. The maximum atomic E-state index is 15.0. The van der Waals surface area contributed by atoms with Crippen LogP contribution in [-0.2, 0) is 16.6 Å². The lowest BCUT2D eigenvalue weighted by molar-refractivity contribution is 0.103. The number of amides is 1. The number of carbonyl (C=O) groups is 1. The van der Waals surface area contributed by atoms with Gasteiger partial charge in [0.2, 0.25) is 5.88 Å². The van der Waals surface area contributed by atoms with Crippen LogP contribution in [0.4, 0.5) is 14.9 Å². The van der Waals surface area contributed by atoms with Gasteiger partial charge in [0.15, 0.2) is 4.90 Å². The number of benzene rings is 1. The second-order valence-electron chi connectivity index (χ2n) is 8.06. The van der Waals surface area contributed by atoms with E-state index in [1.54, 1.807) is 12.1 Å². The molecule has 2 N–H and O–H groups in total. The summed E-state index contributed by atoms with van der Waals surface area (Å²) in [5, 5.41) is 9.19. The molecule has 1 amide bonds. The van der Waals surface area contributed by atoms with Crippen molar-refractivity contribution < 1.29 is 27.4 Å². The Labute approximate surface area is 212 Å². The highest BCUT2D eigenvalue weighted by molar-refractivity contribution is 7.92. The monoisotopic (exact) mass is 535 g/mol. The number of halogens is 2. The number of pyridine rings is 2. The maximum absolute atomic E-state index is 15.0. The van der Waals surface area contributed by atoms with E-state index < -0.39 is 21.9 Å². The van der Waals surface area contributed by atoms with Gasteiger partial charge in [-0.15, -0.1) is 0 Å². The van der Waals surface area contributed by atoms with E-state index in [-0.39, 0.29) is 32.7 Å². The molecule has 190 valence electrons. The van der Waals surface area contributed by atoms with Crippen molar-refractivity contribution in [2.24, 2.45) is 0 Å². The summed E-state index contributed by atoms with van der Waals surface area (Å²) in [6.07, 6.45) is 1.70. The molecule has 10 nitrogen and oxygen atoms in total. The standard InChI is InChI=1S/C23H23ClFN5O5S/c1-35-22-21(11-16(24)13-27-22)36(33,34)28-17-4-5-26-20(12-17)18-3-2-15(10-19(18)25)14-29-6-8-30(9-7-29)23(31)32/h2-5,10-13H,6-9,14H2,1H3,(H,26,28)(H,31,32). The lowest BCUT2D eigenvalue weighted by Crippen LogP contribution is -2.47. The first-order chi connectivity index (χ1) is 17.2. The van der Waals surface area contributed by atoms with E-state index in [1.807, 2.05) is 0 Å². The fraction of sp³-hybridized carbons (Fsp3) is 0.261. The van der Waals surface area contributed by atoms with Gasteiger partial charge in [0.25, 0.3) is 10.0 Å². The zero-order valence-corrected chi connectivity index (χ0v) is 20.8. The Morgan fingerprint density at radius 3 is 2.58 bits per heavy atom. The number of hydrogen-bond acceptors (Lipinski definition) is 7. The Bertz CT molecular complexity index is 1380. The van der Waals surface area contributed by atoms with Gasteiger partial charge in [-0.25, -0.2) is 22.6 Å². The van der Waals surface area contributed by atoms with E-state index in [0.717, 1.165) is 5.56 Å². The van der Waals surface area contributed by atoms with Crippen molar-refractivity contribution in [2.75, 3.05) is 38.0 Å². The molecule has 1 saturated heterocycles. The molecule has 36 heavy (non-hydrogen) atoms. The van der Waals surface area contributed by atoms with E-state index in [4.69, 9.17) is 21.4 Å². The highest BCUT2D eigenvalue weighted by atomic mass is 35.5. The predicted molar refractivity (Wildman–Crippen MR) is 131 cm³/mol. The molecule has 1 aromatic carbocycles. The molecule has 0 bridgehead atoms. The largest absolute Gasteiger partial charge is 0.480 e. The topological polar surface area (TPSA) is 125 Å². The molecule has 1 fully saturated rings. The highest BCUT2D eigenvalue weighted by Crippen LogP contribution is 2.29. The van der Waals surface area contributed by atoms with Crippen molar-refractivity contribution in [3.8, 4) is 17.1 Å². The van der Waals surface area contributed by atoms with Crippen LogP contribution in [0.5, 0.6) is 5.88 Å². The summed E-state index contributed by atoms with van der Waals surface area (Å²) in [6, 6.07) is 8.84. The summed E-state index contributed by atoms with van der Waals surface area (Å²) in [7, 11) is -2.82. The van der Waals surface area contributed by atoms with Crippen molar-refractivity contribution in [2.45, 2.75) is 11.4 Å². The molecule has 0 spiro atoms. The van der Waals surface area contributed by atoms with Gasteiger partial charge >= 0.3 is 6.09 Å². The van der Waals surface area contributed by atoms with Crippen LogP contribution in [0.2, 0.25) is 5.02 Å². The number of methoxy groups -OCH3 is 1. The van der Waals surface area contributed by atoms with Gasteiger partial charge in [-0.2, -0.15) is 0 Å². The number of nitrogens with zero attached hydrogens (tertiary/aromatic N) is 4. The fourth-order valence-corrected chi connectivity index (χ4v) is 5.24. The molecule has 0 aliphatic carbocycles. The minimum absolute atomic E-state index is 0.118. The van der Waals surface area contributed by atoms with Gasteiger partial charge in [0.1, 0.15) is 5.82 Å². The average molecular weight is 536 g/mol. The third-order valence-electron chi connectivity index (χ3n) is 5.64. The molecule has 4 rings (SSSR count). The third-order valence-corrected chi connectivity index (χ3v) is 7.22. The molecular formula is C23H23ClFN5O5S. The quantitative estimate of drug-likeness (QED) is 0.470. The van der Waals surface area contributed by atoms with Crippen molar-refractivity contribution in [3.05, 3.63) is 65.2 Å². The zero-order chi connectivity index (χ0) is 25.9. The van der Waals surface area contributed by atoms with E-state index in [9.17, 15) is 13.2 Å². The summed E-state index contributed by atoms with van der Waals surface area (Å²) in [5.41, 5.74) is 1.35. The number of sulfonamides is 1. The zero-order valence-electron chi connectivity index (χ0n) is 19.2. The van der Waals surface area contributed by atoms with Crippen molar-refractivity contribution in [3.63, 3.8) is 0 Å². The first-order valence-electron chi connectivity index (χ1n) is 10.8. The van der Waals surface area contributed by atoms with Crippen LogP contribution in [-0.4, -0.2) is 72.7 Å². The van der Waals surface area contributed by atoms with Gasteiger partial charge in [-0.3, -0.25) is 14.6 Å². The molecule has 0 atom stereocenters. The number of anilines is 1. The van der Waals surface area contributed by atoms with Gasteiger partial charge in [0.05, 0.1) is 23.5 Å². The van der Waals surface area contributed by atoms with Crippen molar-refractivity contribution in [1.82, 2.24) is 19.8 Å². The van der Waals surface area contributed by atoms with Crippen LogP contribution in [0.15, 0.2) is 53.7 Å². The van der Waals surface area contributed by atoms with Crippen molar-refractivity contribution >= 4 is 33.4 Å². The highest BCUT2D eigenvalue weighted by Gasteiger charge is 2.23. The van der Waals surface area contributed by atoms with Crippen LogP contribution in [0.1, 0.15) is 5.56 Å². The van der Waals surface area contributed by atoms with Gasteiger partial charge in [-0.05, 0) is 35.9 Å². The Morgan fingerprint density at radius 1 is 1.17 bits per heavy atom. The van der Waals surface area contributed by atoms with Crippen LogP contribution in [0.3, 0.4) is 0 Å². The number of nitrogens with one attached hydrogen (secondary N) is 1. The fourth-order valence-electron chi connectivity index (χ4n) is 3.83. The third kappa shape index (κ3) is 5.83. The first kappa shape index (κ1) is 25.6. The van der Waals surface area contributed by atoms with Crippen LogP contribution in [0, 0.1) is 5.82 Å². The smallest absolute Gasteiger partial charge is 0.407 e. The van der Waals surface area contributed by atoms with E-state index in [0.29, 0.717) is 32.7 Å². The Balaban J connectivity index is 1.50. The molecule has 13 heteroatoms. The van der Waals surface area contributed by atoms with E-state index in [2.05, 4.69) is 19.6 Å². The molecule has 3 aromatic rings. The molecule has 0 radical (unpaired) electrons.